The van der Waals surface area contributed by atoms with Gasteiger partial charge in [-0.2, -0.15) is 0 Å². The highest BCUT2D eigenvalue weighted by Gasteiger charge is 2.34. The summed E-state index contributed by atoms with van der Waals surface area (Å²) in [6.45, 7) is 5.54. The van der Waals surface area contributed by atoms with E-state index in [-0.39, 0.29) is 18.1 Å². The lowest BCUT2D eigenvalue weighted by Gasteiger charge is -2.22. The van der Waals surface area contributed by atoms with Crippen LogP contribution >= 0.6 is 11.3 Å². The van der Waals surface area contributed by atoms with Crippen LogP contribution in [0.1, 0.15) is 60.5 Å². The molecule has 2 aromatic heterocycles. The Morgan fingerprint density at radius 1 is 1.25 bits per heavy atom. The zero-order valence-corrected chi connectivity index (χ0v) is 19.2. The molecule has 0 saturated heterocycles. The summed E-state index contributed by atoms with van der Waals surface area (Å²) in [5, 5.41) is 0.427. The van der Waals surface area contributed by atoms with Crippen LogP contribution in [0.25, 0.3) is 10.2 Å². The summed E-state index contributed by atoms with van der Waals surface area (Å²) in [6.07, 6.45) is 2.30. The molecule has 32 heavy (non-hydrogen) atoms. The topological polar surface area (TPSA) is 87.5 Å². The van der Waals surface area contributed by atoms with Gasteiger partial charge in [0, 0.05) is 4.88 Å². The Hall–Kier alpha value is -3.00. The summed E-state index contributed by atoms with van der Waals surface area (Å²) < 4.78 is 12.1. The quantitative estimate of drug-likeness (QED) is 0.522. The first kappa shape index (κ1) is 22.2. The van der Waals surface area contributed by atoms with Gasteiger partial charge in [-0.25, -0.2) is 9.78 Å². The molecule has 7 nitrogen and oxygen atoms in total. The van der Waals surface area contributed by atoms with Gasteiger partial charge in [0.1, 0.15) is 23.3 Å². The summed E-state index contributed by atoms with van der Waals surface area (Å²) in [4.78, 5) is 45.2. The highest BCUT2D eigenvalue weighted by Crippen LogP contribution is 2.41. The molecule has 0 amide bonds. The number of aryl methyl sites for hydroxylation is 2. The zero-order valence-electron chi connectivity index (χ0n) is 18.4. The third-order valence-electron chi connectivity index (χ3n) is 5.82. The highest BCUT2D eigenvalue weighted by molar-refractivity contribution is 7.18. The van der Waals surface area contributed by atoms with Crippen LogP contribution in [0.3, 0.4) is 0 Å². The molecule has 0 spiro atoms. The first-order valence-corrected chi connectivity index (χ1v) is 11.7. The molecule has 4 rings (SSSR count). The Morgan fingerprint density at radius 3 is 2.72 bits per heavy atom. The molecule has 1 aromatic carbocycles. The van der Waals surface area contributed by atoms with Crippen molar-refractivity contribution >= 4 is 33.5 Å². The molecule has 168 valence electrons. The summed E-state index contributed by atoms with van der Waals surface area (Å²) in [5.41, 5.74) is 1.28. The molecule has 8 heteroatoms. The van der Waals surface area contributed by atoms with Crippen LogP contribution in [-0.2, 0) is 32.1 Å². The molecule has 2 unspecified atom stereocenters. The fraction of sp³-hybridized carbons (Fsp3) is 0.417. The molecule has 0 radical (unpaired) electrons. The van der Waals surface area contributed by atoms with Crippen molar-refractivity contribution in [1.82, 2.24) is 9.55 Å². The lowest BCUT2D eigenvalue weighted by Crippen LogP contribution is -2.32. The van der Waals surface area contributed by atoms with E-state index >= 15 is 0 Å². The number of ether oxygens (including phenoxy) is 2. The summed E-state index contributed by atoms with van der Waals surface area (Å²) in [6, 6.07) is 8.54. The van der Waals surface area contributed by atoms with E-state index in [0.29, 0.717) is 29.1 Å². The number of esters is 2. The predicted molar refractivity (Wildman–Crippen MR) is 122 cm³/mol. The van der Waals surface area contributed by atoms with Crippen LogP contribution in [0.5, 0.6) is 0 Å². The number of nitrogens with zero attached hydrogens (tertiary/aromatic N) is 2. The maximum atomic E-state index is 13.6. The van der Waals surface area contributed by atoms with Gasteiger partial charge >= 0.3 is 11.9 Å². The number of hydrogen-bond acceptors (Lipinski definition) is 7. The molecule has 1 aliphatic rings. The standard InChI is InChI=1S/C24H26N2O5S/c1-4-30-24(29)17-11-8-12-18-19(17)20-21(32-18)25-15(3)26(22(20)27)14(2)23(28)31-13-16-9-6-5-7-10-16/h5-7,9-10,14,17H,4,8,11-13H2,1-3H3. The van der Waals surface area contributed by atoms with Crippen molar-refractivity contribution in [3.05, 3.63) is 62.5 Å². The number of hydrogen-bond donors (Lipinski definition) is 0. The van der Waals surface area contributed by atoms with Crippen LogP contribution in [0.2, 0.25) is 0 Å². The Labute approximate surface area is 190 Å². The molecule has 2 heterocycles. The lowest BCUT2D eigenvalue weighted by molar-refractivity contribution is -0.148. The smallest absolute Gasteiger partial charge is 0.329 e. The van der Waals surface area contributed by atoms with Gasteiger partial charge in [0.15, 0.2) is 0 Å². The first-order valence-electron chi connectivity index (χ1n) is 10.8. The van der Waals surface area contributed by atoms with E-state index in [0.717, 1.165) is 28.8 Å². The van der Waals surface area contributed by atoms with Gasteiger partial charge in [-0.05, 0) is 51.2 Å². The van der Waals surface area contributed by atoms with E-state index in [1.54, 1.807) is 20.8 Å². The number of carbonyl (C=O) groups excluding carboxylic acids is 2. The van der Waals surface area contributed by atoms with Crippen molar-refractivity contribution in [2.75, 3.05) is 6.61 Å². The first-order chi connectivity index (χ1) is 15.4. The molecular weight excluding hydrogens is 428 g/mol. The molecule has 0 saturated carbocycles. The van der Waals surface area contributed by atoms with Crippen molar-refractivity contribution in [3.63, 3.8) is 0 Å². The predicted octanol–water partition coefficient (Wildman–Crippen LogP) is 4.05. The molecule has 0 N–H and O–H groups in total. The minimum Gasteiger partial charge on any atom is -0.466 e. The van der Waals surface area contributed by atoms with E-state index in [1.165, 1.54) is 15.9 Å². The van der Waals surface area contributed by atoms with Crippen LogP contribution in [0.15, 0.2) is 35.1 Å². The monoisotopic (exact) mass is 454 g/mol. The van der Waals surface area contributed by atoms with Crippen molar-refractivity contribution in [2.45, 2.75) is 58.6 Å². The summed E-state index contributed by atoms with van der Waals surface area (Å²) in [7, 11) is 0. The molecule has 0 aliphatic heterocycles. The number of benzene rings is 1. The van der Waals surface area contributed by atoms with Crippen molar-refractivity contribution in [2.24, 2.45) is 0 Å². The van der Waals surface area contributed by atoms with E-state index in [1.807, 2.05) is 30.3 Å². The second kappa shape index (κ2) is 9.24. The molecule has 0 bridgehead atoms. The fourth-order valence-electron chi connectivity index (χ4n) is 4.29. The zero-order chi connectivity index (χ0) is 22.8. The largest absolute Gasteiger partial charge is 0.466 e. The van der Waals surface area contributed by atoms with Gasteiger partial charge in [0.05, 0.1) is 17.9 Å². The molecule has 1 aliphatic carbocycles. The van der Waals surface area contributed by atoms with Crippen molar-refractivity contribution in [1.29, 1.82) is 0 Å². The van der Waals surface area contributed by atoms with Crippen molar-refractivity contribution in [3.8, 4) is 0 Å². The number of thiophene rings is 1. The average molecular weight is 455 g/mol. The van der Waals surface area contributed by atoms with Crippen LogP contribution in [0, 0.1) is 6.92 Å². The molecule has 2 atom stereocenters. The Bertz CT molecular complexity index is 1210. The van der Waals surface area contributed by atoms with E-state index in [9.17, 15) is 14.4 Å². The molecule has 3 aromatic rings. The number of fused-ring (bicyclic) bond motifs is 3. The summed E-state index contributed by atoms with van der Waals surface area (Å²) >= 11 is 1.46. The van der Waals surface area contributed by atoms with E-state index in [4.69, 9.17) is 9.47 Å². The SMILES string of the molecule is CCOC(=O)C1CCCc2sc3nc(C)n(C(C)C(=O)OCc4ccccc4)c(=O)c3c21. The Morgan fingerprint density at radius 2 is 2.00 bits per heavy atom. The van der Waals surface area contributed by atoms with Crippen LogP contribution in [0.4, 0.5) is 0 Å². The van der Waals surface area contributed by atoms with Crippen molar-refractivity contribution < 1.29 is 19.1 Å². The molecular formula is C24H26N2O5S. The summed E-state index contributed by atoms with van der Waals surface area (Å²) in [5.74, 6) is -0.849. The maximum absolute atomic E-state index is 13.6. The Balaban J connectivity index is 1.71. The van der Waals surface area contributed by atoms with Crippen LogP contribution < -0.4 is 5.56 Å². The number of aromatic nitrogens is 2. The van der Waals surface area contributed by atoms with Gasteiger partial charge in [-0.15, -0.1) is 11.3 Å². The highest BCUT2D eigenvalue weighted by atomic mass is 32.1. The normalized spacial score (nSPS) is 16.4. The molecule has 0 fully saturated rings. The van der Waals surface area contributed by atoms with Gasteiger partial charge in [0.25, 0.3) is 5.56 Å². The van der Waals surface area contributed by atoms with Gasteiger partial charge in [0.2, 0.25) is 0 Å². The fourth-order valence-corrected chi connectivity index (χ4v) is 5.60. The number of rotatable bonds is 6. The number of carbonyl (C=O) groups is 2. The van der Waals surface area contributed by atoms with Gasteiger partial charge in [-0.3, -0.25) is 14.2 Å². The van der Waals surface area contributed by atoms with E-state index in [2.05, 4.69) is 4.98 Å². The van der Waals surface area contributed by atoms with E-state index < -0.39 is 17.9 Å². The minimum absolute atomic E-state index is 0.131. The van der Waals surface area contributed by atoms with Crippen LogP contribution in [-0.4, -0.2) is 28.1 Å². The van der Waals surface area contributed by atoms with Gasteiger partial charge in [-0.1, -0.05) is 30.3 Å². The second-order valence-electron chi connectivity index (χ2n) is 7.92. The maximum Gasteiger partial charge on any atom is 0.329 e. The third kappa shape index (κ3) is 4.07. The Kier molecular flexibility index (Phi) is 6.41. The third-order valence-corrected chi connectivity index (χ3v) is 6.98. The average Bonchev–Trinajstić information content (AvgIpc) is 3.16. The van der Waals surface area contributed by atoms with Gasteiger partial charge < -0.3 is 9.47 Å². The lowest BCUT2D eigenvalue weighted by atomic mass is 9.86. The minimum atomic E-state index is -0.844. The second-order valence-corrected chi connectivity index (χ2v) is 9.00.